The van der Waals surface area contributed by atoms with Crippen molar-refractivity contribution in [3.63, 3.8) is 0 Å². The van der Waals surface area contributed by atoms with E-state index < -0.39 is 21.5 Å². The highest BCUT2D eigenvalue weighted by Crippen LogP contribution is 2.30. The molecule has 10 heteroatoms. The van der Waals surface area contributed by atoms with Gasteiger partial charge >= 0.3 is 5.97 Å². The SMILES string of the molecule is COc1cc(C=Cc2ccc([N+](=O)[O-])cc2[N+](=O)[O-])ccc1OC(=O)COc1ccccc1C. The van der Waals surface area contributed by atoms with Crippen LogP contribution in [0.5, 0.6) is 17.2 Å². The van der Waals surface area contributed by atoms with E-state index in [0.29, 0.717) is 11.3 Å². The van der Waals surface area contributed by atoms with Crippen molar-refractivity contribution in [1.29, 1.82) is 0 Å². The topological polar surface area (TPSA) is 131 Å². The first-order chi connectivity index (χ1) is 16.3. The van der Waals surface area contributed by atoms with Crippen molar-refractivity contribution >= 4 is 29.5 Å². The molecule has 3 rings (SSSR count). The minimum absolute atomic E-state index is 0.180. The maximum Gasteiger partial charge on any atom is 0.349 e. The molecule has 0 amide bonds. The van der Waals surface area contributed by atoms with Gasteiger partial charge in [0, 0.05) is 6.07 Å². The Morgan fingerprint density at radius 1 is 0.912 bits per heavy atom. The molecule has 0 heterocycles. The number of ether oxygens (including phenoxy) is 3. The van der Waals surface area contributed by atoms with Gasteiger partial charge in [0.05, 0.1) is 28.6 Å². The summed E-state index contributed by atoms with van der Waals surface area (Å²) in [6.45, 7) is 1.57. The third kappa shape index (κ3) is 5.94. The van der Waals surface area contributed by atoms with Crippen molar-refractivity contribution < 1.29 is 28.9 Å². The molecule has 3 aromatic carbocycles. The summed E-state index contributed by atoms with van der Waals surface area (Å²) < 4.78 is 16.1. The summed E-state index contributed by atoms with van der Waals surface area (Å²) >= 11 is 0. The zero-order valence-corrected chi connectivity index (χ0v) is 18.3. The molecule has 0 fully saturated rings. The smallest absolute Gasteiger partial charge is 0.349 e. The molecule has 0 bridgehead atoms. The second-order valence-corrected chi connectivity index (χ2v) is 7.03. The Morgan fingerprint density at radius 2 is 1.68 bits per heavy atom. The molecule has 0 spiro atoms. The fourth-order valence-electron chi connectivity index (χ4n) is 3.01. The van der Waals surface area contributed by atoms with Gasteiger partial charge in [0.1, 0.15) is 5.75 Å². The monoisotopic (exact) mass is 464 g/mol. The lowest BCUT2D eigenvalue weighted by atomic mass is 10.1. The van der Waals surface area contributed by atoms with E-state index in [1.54, 1.807) is 30.3 Å². The van der Waals surface area contributed by atoms with Crippen LogP contribution in [0.25, 0.3) is 12.2 Å². The van der Waals surface area contributed by atoms with Gasteiger partial charge in [-0.05, 0) is 48.4 Å². The summed E-state index contributed by atoms with van der Waals surface area (Å²) in [6.07, 6.45) is 3.03. The molecule has 0 saturated heterocycles. The average Bonchev–Trinajstić information content (AvgIpc) is 2.82. The van der Waals surface area contributed by atoms with Gasteiger partial charge in [-0.15, -0.1) is 0 Å². The summed E-state index contributed by atoms with van der Waals surface area (Å²) in [7, 11) is 1.41. The van der Waals surface area contributed by atoms with Crippen LogP contribution in [-0.4, -0.2) is 29.5 Å². The van der Waals surface area contributed by atoms with Crippen LogP contribution in [0.4, 0.5) is 11.4 Å². The number of methoxy groups -OCH3 is 1. The number of hydrogen-bond acceptors (Lipinski definition) is 8. The molecule has 174 valence electrons. The van der Waals surface area contributed by atoms with Crippen molar-refractivity contribution in [2.75, 3.05) is 13.7 Å². The highest BCUT2D eigenvalue weighted by Gasteiger charge is 2.18. The van der Waals surface area contributed by atoms with E-state index in [4.69, 9.17) is 14.2 Å². The summed E-state index contributed by atoms with van der Waals surface area (Å²) in [5, 5.41) is 22.2. The second-order valence-electron chi connectivity index (χ2n) is 7.03. The Bertz CT molecular complexity index is 1270. The van der Waals surface area contributed by atoms with Gasteiger partial charge in [-0.25, -0.2) is 4.79 Å². The predicted octanol–water partition coefficient (Wildman–Crippen LogP) is 4.97. The Kier molecular flexibility index (Phi) is 7.55. The normalized spacial score (nSPS) is 10.6. The average molecular weight is 464 g/mol. The van der Waals surface area contributed by atoms with Crippen LogP contribution < -0.4 is 14.2 Å². The van der Waals surface area contributed by atoms with Crippen LogP contribution in [0.1, 0.15) is 16.7 Å². The number of benzene rings is 3. The molecule has 0 N–H and O–H groups in total. The number of esters is 1. The van der Waals surface area contributed by atoms with Crippen LogP contribution in [0, 0.1) is 27.2 Å². The number of non-ortho nitro benzene ring substituents is 1. The minimum atomic E-state index is -0.697. The molecule has 10 nitrogen and oxygen atoms in total. The van der Waals surface area contributed by atoms with Crippen LogP contribution >= 0.6 is 0 Å². The number of carbonyl (C=O) groups is 1. The molecular weight excluding hydrogens is 444 g/mol. The number of para-hydroxylation sites is 1. The van der Waals surface area contributed by atoms with Gasteiger partial charge in [-0.2, -0.15) is 0 Å². The maximum absolute atomic E-state index is 12.2. The van der Waals surface area contributed by atoms with E-state index in [0.717, 1.165) is 11.6 Å². The van der Waals surface area contributed by atoms with Gasteiger partial charge in [0.25, 0.3) is 11.4 Å². The van der Waals surface area contributed by atoms with Crippen molar-refractivity contribution in [3.8, 4) is 17.2 Å². The molecule has 3 aromatic rings. The molecule has 0 aliphatic carbocycles. The van der Waals surface area contributed by atoms with E-state index in [1.807, 2.05) is 19.1 Å². The first kappa shape index (κ1) is 23.9. The van der Waals surface area contributed by atoms with Gasteiger partial charge in [-0.3, -0.25) is 20.2 Å². The van der Waals surface area contributed by atoms with E-state index in [9.17, 15) is 25.0 Å². The summed E-state index contributed by atoms with van der Waals surface area (Å²) in [5.41, 5.74) is 0.913. The molecule has 0 radical (unpaired) electrons. The minimum Gasteiger partial charge on any atom is -0.493 e. The summed E-state index contributed by atoms with van der Waals surface area (Å²) in [5.74, 6) is 0.405. The fraction of sp³-hybridized carbons (Fsp3) is 0.125. The quantitative estimate of drug-likeness (QED) is 0.142. The summed E-state index contributed by atoms with van der Waals surface area (Å²) in [6, 6.07) is 15.4. The molecule has 0 aliphatic rings. The number of nitro benzene ring substituents is 2. The van der Waals surface area contributed by atoms with Crippen molar-refractivity contribution in [2.24, 2.45) is 0 Å². The molecule has 0 unspecified atom stereocenters. The van der Waals surface area contributed by atoms with E-state index in [1.165, 1.54) is 31.4 Å². The number of aryl methyl sites for hydroxylation is 1. The number of carbonyl (C=O) groups excluding carboxylic acids is 1. The Morgan fingerprint density at radius 3 is 2.35 bits per heavy atom. The zero-order valence-electron chi connectivity index (χ0n) is 18.3. The van der Waals surface area contributed by atoms with E-state index in [2.05, 4.69) is 0 Å². The Hall–Kier alpha value is -4.73. The fourth-order valence-corrected chi connectivity index (χ4v) is 3.01. The molecule has 0 aromatic heterocycles. The molecule has 0 aliphatic heterocycles. The number of nitrogens with zero attached hydrogens (tertiary/aromatic N) is 2. The second kappa shape index (κ2) is 10.7. The van der Waals surface area contributed by atoms with E-state index in [-0.39, 0.29) is 29.4 Å². The third-order valence-corrected chi connectivity index (χ3v) is 4.73. The van der Waals surface area contributed by atoms with Crippen molar-refractivity contribution in [2.45, 2.75) is 6.92 Å². The highest BCUT2D eigenvalue weighted by molar-refractivity contribution is 5.77. The van der Waals surface area contributed by atoms with Gasteiger partial charge in [0.15, 0.2) is 18.1 Å². The lowest BCUT2D eigenvalue weighted by molar-refractivity contribution is -0.394. The van der Waals surface area contributed by atoms with Gasteiger partial charge in [-0.1, -0.05) is 30.3 Å². The van der Waals surface area contributed by atoms with Crippen LogP contribution in [-0.2, 0) is 4.79 Å². The Balaban J connectivity index is 1.73. The molecule has 34 heavy (non-hydrogen) atoms. The zero-order chi connectivity index (χ0) is 24.7. The van der Waals surface area contributed by atoms with Gasteiger partial charge < -0.3 is 14.2 Å². The lowest BCUT2D eigenvalue weighted by Gasteiger charge is -2.11. The maximum atomic E-state index is 12.2. The largest absolute Gasteiger partial charge is 0.493 e. The van der Waals surface area contributed by atoms with Crippen LogP contribution in [0.2, 0.25) is 0 Å². The number of nitro groups is 2. The highest BCUT2D eigenvalue weighted by atomic mass is 16.6. The van der Waals surface area contributed by atoms with Crippen LogP contribution in [0.15, 0.2) is 60.7 Å². The Labute approximate surface area is 194 Å². The first-order valence-electron chi connectivity index (χ1n) is 9.96. The van der Waals surface area contributed by atoms with E-state index >= 15 is 0 Å². The molecular formula is C24H20N2O8. The number of hydrogen-bond donors (Lipinski definition) is 0. The van der Waals surface area contributed by atoms with Crippen LogP contribution in [0.3, 0.4) is 0 Å². The molecule has 0 saturated carbocycles. The standard InChI is InChI=1S/C24H20N2O8/c1-16-5-3-4-6-21(16)33-15-24(27)34-22-12-8-17(13-23(22)32-2)7-9-18-10-11-19(25(28)29)14-20(18)26(30)31/h3-14H,15H2,1-2H3. The van der Waals surface area contributed by atoms with Gasteiger partial charge in [0.2, 0.25) is 0 Å². The number of rotatable bonds is 9. The third-order valence-electron chi connectivity index (χ3n) is 4.73. The predicted molar refractivity (Wildman–Crippen MR) is 124 cm³/mol. The lowest BCUT2D eigenvalue weighted by Crippen LogP contribution is -2.18. The summed E-state index contributed by atoms with van der Waals surface area (Å²) in [4.78, 5) is 33.0. The van der Waals surface area contributed by atoms with Crippen molar-refractivity contribution in [1.82, 2.24) is 0 Å². The molecule has 0 atom stereocenters. The first-order valence-corrected chi connectivity index (χ1v) is 9.96. The van der Waals surface area contributed by atoms with Crippen molar-refractivity contribution in [3.05, 3.63) is 97.6 Å².